The fraction of sp³-hybridized carbons (Fsp3) is 0.533. The van der Waals surface area contributed by atoms with Gasteiger partial charge in [-0.05, 0) is 18.9 Å². The number of carbonyl (C=O) groups excluding carboxylic acids is 1. The van der Waals surface area contributed by atoms with Gasteiger partial charge in [0.05, 0.1) is 5.92 Å². The van der Waals surface area contributed by atoms with Crippen LogP contribution in [-0.4, -0.2) is 52.9 Å². The monoisotopic (exact) mass is 361 g/mol. The smallest absolute Gasteiger partial charge is 0.422 e. The number of rotatable bonds is 5. The lowest BCUT2D eigenvalue weighted by Crippen LogP contribution is -2.45. The van der Waals surface area contributed by atoms with E-state index in [2.05, 4.69) is 15.0 Å². The number of piperidine rings is 1. The number of nitrogens with one attached hydrogen (secondary N) is 1. The fourth-order valence-electron chi connectivity index (χ4n) is 2.45. The first-order valence-electron chi connectivity index (χ1n) is 7.65. The molecule has 1 aliphatic heterocycles. The van der Waals surface area contributed by atoms with Gasteiger partial charge in [0, 0.05) is 31.4 Å². The number of hydrogen-bond donors (Lipinski definition) is 2. The highest BCUT2D eigenvalue weighted by Gasteiger charge is 2.29. The van der Waals surface area contributed by atoms with E-state index in [0.29, 0.717) is 31.5 Å². The molecule has 1 fully saturated rings. The Bertz CT molecular complexity index is 616. The van der Waals surface area contributed by atoms with E-state index in [-0.39, 0.29) is 12.4 Å². The van der Waals surface area contributed by atoms with Crippen molar-refractivity contribution in [1.29, 1.82) is 0 Å². The van der Waals surface area contributed by atoms with Gasteiger partial charge in [0.25, 0.3) is 0 Å². The van der Waals surface area contributed by atoms with Crippen LogP contribution in [0, 0.1) is 5.92 Å². The number of alkyl halides is 3. The number of carbonyl (C=O) groups is 2. The molecule has 0 aliphatic carbocycles. The molecule has 0 aromatic carbocycles. The standard InChI is InChI=1S/C15H18F3N3O4/c16-15(17,18)9-25-12-11(2-1-5-19-12)8-20-14(24)21-6-3-10(4-7-21)13(22)23/h1-2,5,10H,3-4,6-9H2,(H,20,24)(H,22,23). The highest BCUT2D eigenvalue weighted by Crippen LogP contribution is 2.20. The molecule has 138 valence electrons. The Balaban J connectivity index is 1.87. The summed E-state index contributed by atoms with van der Waals surface area (Å²) >= 11 is 0. The molecule has 25 heavy (non-hydrogen) atoms. The van der Waals surface area contributed by atoms with Crippen LogP contribution in [0.15, 0.2) is 18.3 Å². The summed E-state index contributed by atoms with van der Waals surface area (Å²) in [6.07, 6.45) is -2.44. The van der Waals surface area contributed by atoms with Gasteiger partial charge in [-0.1, -0.05) is 6.07 Å². The van der Waals surface area contributed by atoms with Gasteiger partial charge in [0.1, 0.15) is 0 Å². The van der Waals surface area contributed by atoms with Crippen LogP contribution in [-0.2, 0) is 11.3 Å². The normalized spacial score (nSPS) is 15.7. The van der Waals surface area contributed by atoms with Gasteiger partial charge < -0.3 is 20.1 Å². The number of ether oxygens (including phenoxy) is 1. The van der Waals surface area contributed by atoms with E-state index >= 15 is 0 Å². The number of pyridine rings is 1. The highest BCUT2D eigenvalue weighted by atomic mass is 19.4. The third-order valence-electron chi connectivity index (χ3n) is 3.78. The van der Waals surface area contributed by atoms with Crippen molar-refractivity contribution in [1.82, 2.24) is 15.2 Å². The SMILES string of the molecule is O=C(O)C1CCN(C(=O)NCc2cccnc2OCC(F)(F)F)CC1. The maximum atomic E-state index is 12.2. The summed E-state index contributed by atoms with van der Waals surface area (Å²) < 4.78 is 41.4. The van der Waals surface area contributed by atoms with Crippen LogP contribution in [0.1, 0.15) is 18.4 Å². The topological polar surface area (TPSA) is 91.8 Å². The molecular formula is C15H18F3N3O4. The zero-order valence-corrected chi connectivity index (χ0v) is 13.3. The third kappa shape index (κ3) is 5.80. The third-order valence-corrected chi connectivity index (χ3v) is 3.78. The number of carboxylic acid groups (broad SMARTS) is 1. The molecule has 0 unspecified atom stereocenters. The first-order chi connectivity index (χ1) is 11.8. The Labute approximate surface area is 141 Å². The number of aliphatic carboxylic acids is 1. The minimum absolute atomic E-state index is 0.0429. The molecule has 1 saturated heterocycles. The van der Waals surface area contributed by atoms with E-state index in [1.54, 1.807) is 0 Å². The van der Waals surface area contributed by atoms with Crippen molar-refractivity contribution in [3.8, 4) is 5.88 Å². The number of hydrogen-bond acceptors (Lipinski definition) is 4. The summed E-state index contributed by atoms with van der Waals surface area (Å²) in [5.74, 6) is -1.52. The van der Waals surface area contributed by atoms with E-state index in [9.17, 15) is 22.8 Å². The number of amides is 2. The zero-order valence-electron chi connectivity index (χ0n) is 13.3. The number of halogens is 3. The van der Waals surface area contributed by atoms with Crippen LogP contribution < -0.4 is 10.1 Å². The summed E-state index contributed by atoms with van der Waals surface area (Å²) in [6, 6.07) is 2.63. The maximum absolute atomic E-state index is 12.2. The van der Waals surface area contributed by atoms with Crippen molar-refractivity contribution in [3.63, 3.8) is 0 Å². The Kier molecular flexibility index (Phi) is 6.05. The van der Waals surface area contributed by atoms with Crippen molar-refractivity contribution >= 4 is 12.0 Å². The fourth-order valence-corrected chi connectivity index (χ4v) is 2.45. The summed E-state index contributed by atoms with van der Waals surface area (Å²) in [5.41, 5.74) is 0.320. The van der Waals surface area contributed by atoms with Gasteiger partial charge in [-0.2, -0.15) is 13.2 Å². The van der Waals surface area contributed by atoms with Gasteiger partial charge >= 0.3 is 18.2 Å². The maximum Gasteiger partial charge on any atom is 0.422 e. The molecule has 10 heteroatoms. The molecule has 2 heterocycles. The Morgan fingerprint density at radius 1 is 1.36 bits per heavy atom. The van der Waals surface area contributed by atoms with Crippen molar-refractivity contribution in [2.75, 3.05) is 19.7 Å². The number of carboxylic acids is 1. The number of likely N-dealkylation sites (tertiary alicyclic amines) is 1. The molecule has 0 bridgehead atoms. The van der Waals surface area contributed by atoms with Crippen LogP contribution in [0.2, 0.25) is 0 Å². The second-order valence-electron chi connectivity index (χ2n) is 5.63. The first-order valence-corrected chi connectivity index (χ1v) is 7.65. The van der Waals surface area contributed by atoms with Crippen molar-refractivity contribution in [2.24, 2.45) is 5.92 Å². The second kappa shape index (κ2) is 8.04. The molecule has 0 saturated carbocycles. The predicted molar refractivity (Wildman–Crippen MR) is 80.0 cm³/mol. The van der Waals surface area contributed by atoms with Crippen LogP contribution in [0.25, 0.3) is 0 Å². The van der Waals surface area contributed by atoms with Crippen molar-refractivity contribution in [3.05, 3.63) is 23.9 Å². The highest BCUT2D eigenvalue weighted by molar-refractivity contribution is 5.75. The van der Waals surface area contributed by atoms with Crippen molar-refractivity contribution in [2.45, 2.75) is 25.6 Å². The van der Waals surface area contributed by atoms with E-state index in [0.717, 1.165) is 0 Å². The van der Waals surface area contributed by atoms with Gasteiger partial charge in [-0.15, -0.1) is 0 Å². The molecule has 2 N–H and O–H groups in total. The van der Waals surface area contributed by atoms with E-state index in [1.165, 1.54) is 23.2 Å². The predicted octanol–water partition coefficient (Wildman–Crippen LogP) is 2.03. The van der Waals surface area contributed by atoms with E-state index < -0.39 is 30.7 Å². The molecule has 1 aromatic heterocycles. The molecular weight excluding hydrogens is 343 g/mol. The lowest BCUT2D eigenvalue weighted by molar-refractivity contribution is -0.154. The quantitative estimate of drug-likeness (QED) is 0.837. The number of aromatic nitrogens is 1. The summed E-state index contributed by atoms with van der Waals surface area (Å²) in [6.45, 7) is -0.882. The minimum atomic E-state index is -4.48. The molecule has 0 atom stereocenters. The summed E-state index contributed by atoms with van der Waals surface area (Å²) in [5, 5.41) is 11.5. The van der Waals surface area contributed by atoms with Gasteiger partial charge in [0.2, 0.25) is 5.88 Å². The molecule has 2 amide bonds. The molecule has 0 spiro atoms. The second-order valence-corrected chi connectivity index (χ2v) is 5.63. The molecule has 1 aliphatic rings. The lowest BCUT2D eigenvalue weighted by Gasteiger charge is -2.30. The zero-order chi connectivity index (χ0) is 18.4. The number of nitrogens with zero attached hydrogens (tertiary/aromatic N) is 2. The first kappa shape index (κ1) is 18.8. The van der Waals surface area contributed by atoms with Crippen molar-refractivity contribution < 1.29 is 32.6 Å². The minimum Gasteiger partial charge on any atom is -0.481 e. The summed E-state index contributed by atoms with van der Waals surface area (Å²) in [7, 11) is 0. The van der Waals surface area contributed by atoms with Gasteiger partial charge in [-0.3, -0.25) is 4.79 Å². The van der Waals surface area contributed by atoms with Gasteiger partial charge in [-0.25, -0.2) is 9.78 Å². The van der Waals surface area contributed by atoms with E-state index in [1.807, 2.05) is 0 Å². The van der Waals surface area contributed by atoms with Gasteiger partial charge in [0.15, 0.2) is 6.61 Å². The molecule has 2 rings (SSSR count). The Morgan fingerprint density at radius 2 is 2.04 bits per heavy atom. The average Bonchev–Trinajstić information content (AvgIpc) is 2.58. The van der Waals surface area contributed by atoms with Crippen LogP contribution in [0.4, 0.5) is 18.0 Å². The molecule has 7 nitrogen and oxygen atoms in total. The average molecular weight is 361 g/mol. The number of urea groups is 1. The van der Waals surface area contributed by atoms with Crippen LogP contribution in [0.5, 0.6) is 5.88 Å². The molecule has 0 radical (unpaired) electrons. The van der Waals surface area contributed by atoms with Crippen LogP contribution in [0.3, 0.4) is 0 Å². The molecule has 1 aromatic rings. The largest absolute Gasteiger partial charge is 0.481 e. The van der Waals surface area contributed by atoms with Crippen LogP contribution >= 0.6 is 0 Å². The Hall–Kier alpha value is -2.52. The summed E-state index contributed by atoms with van der Waals surface area (Å²) in [4.78, 5) is 28.2. The van der Waals surface area contributed by atoms with E-state index in [4.69, 9.17) is 5.11 Å². The lowest BCUT2D eigenvalue weighted by atomic mass is 9.97. The Morgan fingerprint density at radius 3 is 2.64 bits per heavy atom.